The molecule has 7 heteroatoms. The fourth-order valence-electron chi connectivity index (χ4n) is 2.91. The largest absolute Gasteiger partial charge is 0.354 e. The third-order valence-corrected chi connectivity index (χ3v) is 6.12. The summed E-state index contributed by atoms with van der Waals surface area (Å²) in [6.45, 7) is 4.89. The van der Waals surface area contributed by atoms with E-state index in [2.05, 4.69) is 5.32 Å². The Kier molecular flexibility index (Phi) is 7.60. The Hall–Kier alpha value is -2.38. The van der Waals surface area contributed by atoms with E-state index in [-0.39, 0.29) is 17.3 Å². The number of aryl methyl sites for hydroxylation is 2. The number of carbonyl (C=O) groups is 1. The highest BCUT2D eigenvalue weighted by molar-refractivity contribution is 7.92. The lowest BCUT2D eigenvalue weighted by molar-refractivity contribution is -0.119. The molecule has 1 amide bonds. The zero-order chi connectivity index (χ0) is 20.7. The van der Waals surface area contributed by atoms with E-state index < -0.39 is 10.0 Å². The molecule has 0 aromatic heterocycles. The number of rotatable bonds is 9. The number of amides is 1. The van der Waals surface area contributed by atoms with Crippen molar-refractivity contribution in [3.05, 3.63) is 59.7 Å². The van der Waals surface area contributed by atoms with Crippen LogP contribution < -0.4 is 9.62 Å². The Balaban J connectivity index is 2.28. The van der Waals surface area contributed by atoms with Crippen molar-refractivity contribution < 1.29 is 13.2 Å². The summed E-state index contributed by atoms with van der Waals surface area (Å²) in [5, 5.41) is 2.82. The average molecular weight is 404 g/mol. The fraction of sp³-hybridized carbons (Fsp3) is 0.381. The zero-order valence-electron chi connectivity index (χ0n) is 17.0. The molecule has 0 fully saturated rings. The topological polar surface area (TPSA) is 69.7 Å². The van der Waals surface area contributed by atoms with Gasteiger partial charge in [-0.1, -0.05) is 35.9 Å². The number of anilines is 1. The molecule has 0 saturated carbocycles. The number of hydrogen-bond acceptors (Lipinski definition) is 4. The third kappa shape index (κ3) is 5.81. The van der Waals surface area contributed by atoms with Crippen LogP contribution in [0.15, 0.2) is 53.4 Å². The van der Waals surface area contributed by atoms with E-state index in [4.69, 9.17) is 0 Å². The van der Waals surface area contributed by atoms with Gasteiger partial charge >= 0.3 is 0 Å². The van der Waals surface area contributed by atoms with Crippen LogP contribution in [-0.2, 0) is 14.8 Å². The molecule has 152 valence electrons. The first-order chi connectivity index (χ1) is 13.2. The molecule has 0 aliphatic rings. The summed E-state index contributed by atoms with van der Waals surface area (Å²) in [5.41, 5.74) is 2.35. The molecule has 0 atom stereocenters. The van der Waals surface area contributed by atoms with Gasteiger partial charge in [0.2, 0.25) is 5.91 Å². The normalized spacial score (nSPS) is 11.5. The first-order valence-electron chi connectivity index (χ1n) is 9.28. The minimum atomic E-state index is -3.86. The summed E-state index contributed by atoms with van der Waals surface area (Å²) in [6, 6.07) is 13.7. The minimum absolute atomic E-state index is 0.162. The summed E-state index contributed by atoms with van der Waals surface area (Å²) >= 11 is 0. The van der Waals surface area contributed by atoms with E-state index in [1.165, 1.54) is 4.31 Å². The lowest BCUT2D eigenvalue weighted by Crippen LogP contribution is -2.41. The van der Waals surface area contributed by atoms with Crippen LogP contribution in [-0.4, -0.2) is 53.0 Å². The molecule has 0 spiro atoms. The number of carbonyl (C=O) groups excluding carboxylic acids is 1. The van der Waals surface area contributed by atoms with E-state index in [0.717, 1.165) is 24.1 Å². The van der Waals surface area contributed by atoms with Gasteiger partial charge < -0.3 is 10.2 Å². The van der Waals surface area contributed by atoms with Crippen molar-refractivity contribution in [2.24, 2.45) is 0 Å². The molecule has 0 radical (unpaired) electrons. The van der Waals surface area contributed by atoms with E-state index in [1.807, 2.05) is 45.0 Å². The van der Waals surface area contributed by atoms with Crippen molar-refractivity contribution in [1.82, 2.24) is 10.2 Å². The van der Waals surface area contributed by atoms with Crippen LogP contribution in [0.1, 0.15) is 17.5 Å². The second kappa shape index (κ2) is 9.71. The first kappa shape index (κ1) is 21.9. The van der Waals surface area contributed by atoms with E-state index >= 15 is 0 Å². The molecule has 1 N–H and O–H groups in total. The van der Waals surface area contributed by atoms with Gasteiger partial charge in [-0.05, 0) is 64.7 Å². The van der Waals surface area contributed by atoms with Crippen LogP contribution in [0.2, 0.25) is 0 Å². The molecule has 0 aliphatic carbocycles. The first-order valence-corrected chi connectivity index (χ1v) is 10.7. The summed E-state index contributed by atoms with van der Waals surface area (Å²) in [4.78, 5) is 14.7. The second-order valence-electron chi connectivity index (χ2n) is 7.12. The second-order valence-corrected chi connectivity index (χ2v) is 8.98. The van der Waals surface area contributed by atoms with E-state index in [9.17, 15) is 13.2 Å². The molecule has 28 heavy (non-hydrogen) atoms. The van der Waals surface area contributed by atoms with Crippen molar-refractivity contribution in [3.63, 3.8) is 0 Å². The van der Waals surface area contributed by atoms with Gasteiger partial charge in [0, 0.05) is 6.54 Å². The van der Waals surface area contributed by atoms with Crippen molar-refractivity contribution >= 4 is 21.6 Å². The highest BCUT2D eigenvalue weighted by atomic mass is 32.2. The smallest absolute Gasteiger partial charge is 0.264 e. The molecule has 0 aliphatic heterocycles. The summed E-state index contributed by atoms with van der Waals surface area (Å²) in [7, 11) is 0.0725. The van der Waals surface area contributed by atoms with Gasteiger partial charge in [0.25, 0.3) is 10.0 Å². The quantitative estimate of drug-likeness (QED) is 0.654. The molecular weight excluding hydrogens is 374 g/mol. The Bertz CT molecular complexity index is 896. The van der Waals surface area contributed by atoms with Crippen LogP contribution in [0.25, 0.3) is 0 Å². The number of nitrogens with one attached hydrogen (secondary N) is 1. The molecule has 0 heterocycles. The van der Waals surface area contributed by atoms with Crippen LogP contribution in [0, 0.1) is 13.8 Å². The van der Waals surface area contributed by atoms with Gasteiger partial charge in [-0.15, -0.1) is 0 Å². The number of benzene rings is 2. The monoisotopic (exact) mass is 403 g/mol. The van der Waals surface area contributed by atoms with Gasteiger partial charge in [-0.25, -0.2) is 8.42 Å². The Morgan fingerprint density at radius 1 is 1.04 bits per heavy atom. The number of nitrogens with zero attached hydrogens (tertiary/aromatic N) is 2. The van der Waals surface area contributed by atoms with Crippen LogP contribution in [0.5, 0.6) is 0 Å². The van der Waals surface area contributed by atoms with Crippen LogP contribution in [0.3, 0.4) is 0 Å². The molecular formula is C21H29N3O3S. The molecule has 0 bridgehead atoms. The molecule has 2 aromatic carbocycles. The Morgan fingerprint density at radius 2 is 1.71 bits per heavy atom. The molecule has 0 unspecified atom stereocenters. The average Bonchev–Trinajstić information content (AvgIpc) is 2.64. The molecule has 0 saturated heterocycles. The van der Waals surface area contributed by atoms with E-state index in [1.54, 1.807) is 36.4 Å². The third-order valence-electron chi connectivity index (χ3n) is 4.34. The fourth-order valence-corrected chi connectivity index (χ4v) is 4.42. The van der Waals surface area contributed by atoms with Crippen LogP contribution >= 0.6 is 0 Å². The van der Waals surface area contributed by atoms with Crippen molar-refractivity contribution in [2.75, 3.05) is 38.0 Å². The zero-order valence-corrected chi connectivity index (χ0v) is 17.8. The standard InChI is InChI=1S/C21H29N3O3S/c1-17-11-12-20(18(2)15-17)24(16-21(25)22-13-8-14-23(3)4)28(26,27)19-9-6-5-7-10-19/h5-7,9-12,15H,8,13-14,16H2,1-4H3,(H,22,25). The van der Waals surface area contributed by atoms with Gasteiger partial charge in [-0.3, -0.25) is 9.10 Å². The van der Waals surface area contributed by atoms with Crippen molar-refractivity contribution in [1.29, 1.82) is 0 Å². The maximum Gasteiger partial charge on any atom is 0.264 e. The minimum Gasteiger partial charge on any atom is -0.354 e. The summed E-state index contributed by atoms with van der Waals surface area (Å²) < 4.78 is 27.7. The number of hydrogen-bond donors (Lipinski definition) is 1. The van der Waals surface area contributed by atoms with Crippen LogP contribution in [0.4, 0.5) is 5.69 Å². The number of sulfonamides is 1. The maximum absolute atomic E-state index is 13.3. The Labute approximate surface area is 168 Å². The lowest BCUT2D eigenvalue weighted by Gasteiger charge is -2.26. The van der Waals surface area contributed by atoms with Crippen molar-refractivity contribution in [3.8, 4) is 0 Å². The highest BCUT2D eigenvalue weighted by Crippen LogP contribution is 2.27. The molecule has 6 nitrogen and oxygen atoms in total. The predicted molar refractivity (Wildman–Crippen MR) is 113 cm³/mol. The Morgan fingerprint density at radius 3 is 2.32 bits per heavy atom. The van der Waals surface area contributed by atoms with Gasteiger partial charge in [0.05, 0.1) is 10.6 Å². The summed E-state index contributed by atoms with van der Waals surface area (Å²) in [6.07, 6.45) is 0.799. The SMILES string of the molecule is Cc1ccc(N(CC(=O)NCCCN(C)C)S(=O)(=O)c2ccccc2)c(C)c1. The van der Waals surface area contributed by atoms with Gasteiger partial charge in [0.15, 0.2) is 0 Å². The molecule has 2 aromatic rings. The van der Waals surface area contributed by atoms with E-state index in [0.29, 0.717) is 12.2 Å². The van der Waals surface area contributed by atoms with Gasteiger partial charge in [-0.2, -0.15) is 0 Å². The predicted octanol–water partition coefficient (Wildman–Crippen LogP) is 2.57. The highest BCUT2D eigenvalue weighted by Gasteiger charge is 2.28. The van der Waals surface area contributed by atoms with Crippen molar-refractivity contribution in [2.45, 2.75) is 25.2 Å². The maximum atomic E-state index is 13.3. The van der Waals surface area contributed by atoms with Gasteiger partial charge in [0.1, 0.15) is 6.54 Å². The summed E-state index contributed by atoms with van der Waals surface area (Å²) in [5.74, 6) is -0.321. The lowest BCUT2D eigenvalue weighted by atomic mass is 10.1. The molecule has 2 rings (SSSR count).